The van der Waals surface area contributed by atoms with Gasteiger partial charge in [0.1, 0.15) is 12.0 Å². The fourth-order valence-electron chi connectivity index (χ4n) is 1.84. The summed E-state index contributed by atoms with van der Waals surface area (Å²) in [5.74, 6) is -0.130. The molecule has 0 bridgehead atoms. The van der Waals surface area contributed by atoms with Crippen LogP contribution in [0.3, 0.4) is 0 Å². The lowest BCUT2D eigenvalue weighted by atomic mass is 10.3. The number of fused-ring (bicyclic) bond motifs is 1. The average Bonchev–Trinajstić information content (AvgIpc) is 2.87. The quantitative estimate of drug-likeness (QED) is 0.733. The van der Waals surface area contributed by atoms with E-state index in [1.54, 1.807) is 6.07 Å². The van der Waals surface area contributed by atoms with E-state index >= 15 is 0 Å². The molecule has 0 fully saturated rings. The summed E-state index contributed by atoms with van der Waals surface area (Å²) in [5, 5.41) is 0.723. The van der Waals surface area contributed by atoms with E-state index in [9.17, 15) is 4.39 Å². The van der Waals surface area contributed by atoms with Crippen LogP contribution in [0.5, 0.6) is 11.6 Å². The van der Waals surface area contributed by atoms with E-state index in [1.807, 2.05) is 37.7 Å². The molecule has 3 aromatic rings. The molecule has 110 valence electrons. The molecule has 0 amide bonds. The lowest BCUT2D eigenvalue weighted by Gasteiger charge is -2.07. The number of nitrogens with zero attached hydrogens (tertiary/aromatic N) is 3. The Morgan fingerprint density at radius 1 is 1.19 bits per heavy atom. The minimum Gasteiger partial charge on any atom is -0.435 e. The van der Waals surface area contributed by atoms with Gasteiger partial charge in [-0.2, -0.15) is 0 Å². The van der Waals surface area contributed by atoms with E-state index in [0.717, 1.165) is 11.0 Å². The first-order valence-corrected chi connectivity index (χ1v) is 6.64. The third-order valence-electron chi connectivity index (χ3n) is 2.79. The van der Waals surface area contributed by atoms with Crippen LogP contribution in [0, 0.1) is 5.82 Å². The van der Waals surface area contributed by atoms with Crippen LogP contribution in [-0.4, -0.2) is 14.5 Å². The Hall–Kier alpha value is -2.63. The molecule has 6 heteroatoms. The Morgan fingerprint density at radius 2 is 1.95 bits per heavy atom. The van der Waals surface area contributed by atoms with Crippen LogP contribution in [0.25, 0.3) is 11.0 Å². The molecule has 2 N–H and O–H groups in total. The van der Waals surface area contributed by atoms with Crippen LogP contribution in [0.4, 0.5) is 10.1 Å². The number of rotatable bonds is 2. The van der Waals surface area contributed by atoms with Gasteiger partial charge in [-0.05, 0) is 18.2 Å². The zero-order valence-corrected chi connectivity index (χ0v) is 12.2. The maximum absolute atomic E-state index is 13.7. The maximum atomic E-state index is 13.7. The zero-order valence-electron chi connectivity index (χ0n) is 12.2. The van der Waals surface area contributed by atoms with Crippen LogP contribution < -0.4 is 10.5 Å². The summed E-state index contributed by atoms with van der Waals surface area (Å²) >= 11 is 0. The second-order valence-electron chi connectivity index (χ2n) is 4.13. The van der Waals surface area contributed by atoms with Crippen molar-refractivity contribution in [1.29, 1.82) is 0 Å². The number of halogens is 1. The number of benzene rings is 1. The molecule has 0 radical (unpaired) electrons. The molecule has 1 aromatic carbocycles. The van der Waals surface area contributed by atoms with Crippen molar-refractivity contribution in [2.45, 2.75) is 13.8 Å². The predicted octanol–water partition coefficient (Wildman–Crippen LogP) is 3.51. The molecular weight excluding hydrogens is 271 g/mol. The normalized spacial score (nSPS) is 10.1. The van der Waals surface area contributed by atoms with Gasteiger partial charge in [0.05, 0.1) is 5.39 Å². The summed E-state index contributed by atoms with van der Waals surface area (Å²) in [6.07, 6.45) is 3.22. The van der Waals surface area contributed by atoms with Crippen LogP contribution in [-0.2, 0) is 7.05 Å². The van der Waals surface area contributed by atoms with E-state index in [2.05, 4.69) is 9.97 Å². The van der Waals surface area contributed by atoms with Crippen molar-refractivity contribution in [3.63, 3.8) is 0 Å². The molecule has 0 spiro atoms. The predicted molar refractivity (Wildman–Crippen MR) is 80.7 cm³/mol. The first-order chi connectivity index (χ1) is 10.1. The van der Waals surface area contributed by atoms with Crippen molar-refractivity contribution >= 4 is 16.7 Å². The fraction of sp³-hybridized carbons (Fsp3) is 0.200. The van der Waals surface area contributed by atoms with Gasteiger partial charge in [-0.3, -0.25) is 0 Å². The Balaban J connectivity index is 0.000000774. The monoisotopic (exact) mass is 288 g/mol. The standard InChI is InChI=1S/C13H11FN4O.C2H6/c1-18-5-4-9-12(18)16-7-17-13(9)19-11-3-2-8(15)6-10(11)14;1-2/h2-7H,15H2,1H3;1-2H3. The number of hydrogen-bond acceptors (Lipinski definition) is 4. The van der Waals surface area contributed by atoms with Crippen molar-refractivity contribution in [1.82, 2.24) is 14.5 Å². The van der Waals surface area contributed by atoms with Crippen molar-refractivity contribution in [3.8, 4) is 11.6 Å². The summed E-state index contributed by atoms with van der Waals surface area (Å²) in [4.78, 5) is 8.17. The number of anilines is 1. The molecule has 21 heavy (non-hydrogen) atoms. The van der Waals surface area contributed by atoms with Crippen molar-refractivity contribution in [3.05, 3.63) is 42.6 Å². The minimum atomic E-state index is -0.525. The number of aromatic nitrogens is 3. The highest BCUT2D eigenvalue weighted by atomic mass is 19.1. The molecule has 3 rings (SSSR count). The van der Waals surface area contributed by atoms with Gasteiger partial charge in [0, 0.05) is 25.0 Å². The van der Waals surface area contributed by atoms with Gasteiger partial charge in [0.15, 0.2) is 11.6 Å². The number of aryl methyl sites for hydroxylation is 1. The zero-order chi connectivity index (χ0) is 15.4. The average molecular weight is 288 g/mol. The van der Waals surface area contributed by atoms with E-state index in [4.69, 9.17) is 10.5 Å². The highest BCUT2D eigenvalue weighted by Crippen LogP contribution is 2.29. The number of ether oxygens (including phenoxy) is 1. The van der Waals surface area contributed by atoms with Crippen molar-refractivity contribution in [2.75, 3.05) is 5.73 Å². The molecule has 2 heterocycles. The maximum Gasteiger partial charge on any atom is 0.231 e. The van der Waals surface area contributed by atoms with Crippen LogP contribution in [0.15, 0.2) is 36.8 Å². The molecule has 0 aliphatic rings. The molecule has 2 aromatic heterocycles. The number of nitrogens with two attached hydrogens (primary N) is 1. The highest BCUT2D eigenvalue weighted by molar-refractivity contribution is 5.81. The van der Waals surface area contributed by atoms with E-state index < -0.39 is 5.82 Å². The first-order valence-electron chi connectivity index (χ1n) is 6.64. The lowest BCUT2D eigenvalue weighted by Crippen LogP contribution is -1.95. The lowest BCUT2D eigenvalue weighted by molar-refractivity contribution is 0.432. The third-order valence-corrected chi connectivity index (χ3v) is 2.79. The van der Waals surface area contributed by atoms with Crippen LogP contribution in [0.2, 0.25) is 0 Å². The largest absolute Gasteiger partial charge is 0.435 e. The van der Waals surface area contributed by atoms with E-state index in [0.29, 0.717) is 11.6 Å². The Morgan fingerprint density at radius 3 is 2.67 bits per heavy atom. The molecule has 0 saturated heterocycles. The molecule has 0 unspecified atom stereocenters. The summed E-state index contributed by atoms with van der Waals surface area (Å²) in [6.45, 7) is 4.00. The van der Waals surface area contributed by atoms with Crippen molar-refractivity contribution < 1.29 is 9.13 Å². The van der Waals surface area contributed by atoms with Gasteiger partial charge in [0.25, 0.3) is 0 Å². The third kappa shape index (κ3) is 2.94. The van der Waals surface area contributed by atoms with Crippen molar-refractivity contribution in [2.24, 2.45) is 7.05 Å². The summed E-state index contributed by atoms with van der Waals surface area (Å²) in [7, 11) is 1.86. The topological polar surface area (TPSA) is 66.0 Å². The molecule has 5 nitrogen and oxygen atoms in total. The van der Waals surface area contributed by atoms with Gasteiger partial charge in [-0.15, -0.1) is 0 Å². The van der Waals surface area contributed by atoms with E-state index in [-0.39, 0.29) is 5.75 Å². The van der Waals surface area contributed by atoms with Crippen LogP contribution >= 0.6 is 0 Å². The smallest absolute Gasteiger partial charge is 0.231 e. The second kappa shape index (κ2) is 6.21. The first kappa shape index (κ1) is 14.8. The molecule has 0 aliphatic heterocycles. The van der Waals surface area contributed by atoms with Gasteiger partial charge in [-0.25, -0.2) is 14.4 Å². The molecular formula is C15H17FN4O. The molecule has 0 saturated carbocycles. The van der Waals surface area contributed by atoms with Gasteiger partial charge in [0.2, 0.25) is 5.88 Å². The molecule has 0 atom stereocenters. The fourth-order valence-corrected chi connectivity index (χ4v) is 1.84. The number of hydrogen-bond donors (Lipinski definition) is 1. The Bertz CT molecular complexity index is 755. The Kier molecular flexibility index (Phi) is 4.37. The second-order valence-corrected chi connectivity index (χ2v) is 4.13. The molecule has 0 aliphatic carbocycles. The van der Waals surface area contributed by atoms with Gasteiger partial charge < -0.3 is 15.0 Å². The summed E-state index contributed by atoms with van der Waals surface area (Å²) in [6, 6.07) is 6.07. The summed E-state index contributed by atoms with van der Waals surface area (Å²) < 4.78 is 21.0. The van der Waals surface area contributed by atoms with Crippen LogP contribution in [0.1, 0.15) is 13.8 Å². The Labute approximate surface area is 122 Å². The number of nitrogen functional groups attached to an aromatic ring is 1. The minimum absolute atomic E-state index is 0.0815. The highest BCUT2D eigenvalue weighted by Gasteiger charge is 2.11. The van der Waals surface area contributed by atoms with Gasteiger partial charge >= 0.3 is 0 Å². The summed E-state index contributed by atoms with van der Waals surface area (Å²) in [5.41, 5.74) is 6.56. The van der Waals surface area contributed by atoms with Gasteiger partial charge in [-0.1, -0.05) is 13.8 Å². The SMILES string of the molecule is CC.Cn1ccc2c(Oc3ccc(N)cc3F)ncnc21. The van der Waals surface area contributed by atoms with E-state index in [1.165, 1.54) is 18.5 Å².